The third-order valence-electron chi connectivity index (χ3n) is 3.86. The highest BCUT2D eigenvalue weighted by atomic mass is 16.6. The molecule has 0 aliphatic rings. The SMILES string of the molecule is CNc1ccc([N+](=O)[O-])cc1C(=O)OCCCc1nc(-c2cccnc2)no1. The Balaban J connectivity index is 1.54. The van der Waals surface area contributed by atoms with Crippen molar-refractivity contribution in [3.8, 4) is 11.4 Å². The Hall–Kier alpha value is -3.82. The number of aromatic nitrogens is 3. The molecule has 0 aliphatic carbocycles. The van der Waals surface area contributed by atoms with Gasteiger partial charge in [0.2, 0.25) is 11.7 Å². The number of anilines is 1. The number of nitrogens with one attached hydrogen (secondary N) is 1. The van der Waals surface area contributed by atoms with Crippen molar-refractivity contribution in [1.29, 1.82) is 0 Å². The van der Waals surface area contributed by atoms with Gasteiger partial charge in [-0.3, -0.25) is 15.1 Å². The number of nitro benzene ring substituents is 1. The molecule has 2 heterocycles. The number of hydrogen-bond donors (Lipinski definition) is 1. The molecule has 0 radical (unpaired) electrons. The molecule has 2 aromatic heterocycles. The zero-order valence-electron chi connectivity index (χ0n) is 15.0. The first-order valence-electron chi connectivity index (χ1n) is 8.45. The molecule has 10 heteroatoms. The molecule has 1 N–H and O–H groups in total. The molecule has 0 saturated heterocycles. The number of benzene rings is 1. The number of carbonyl (C=O) groups excluding carboxylic acids is 1. The zero-order valence-corrected chi connectivity index (χ0v) is 15.0. The number of carbonyl (C=O) groups is 1. The molecule has 3 rings (SSSR count). The minimum Gasteiger partial charge on any atom is -0.462 e. The lowest BCUT2D eigenvalue weighted by atomic mass is 10.1. The van der Waals surface area contributed by atoms with Gasteiger partial charge in [-0.15, -0.1) is 0 Å². The Bertz CT molecular complexity index is 974. The summed E-state index contributed by atoms with van der Waals surface area (Å²) in [7, 11) is 1.62. The number of hydrogen-bond acceptors (Lipinski definition) is 9. The molecular weight excluding hydrogens is 366 g/mol. The van der Waals surface area contributed by atoms with Gasteiger partial charge in [0.1, 0.15) is 0 Å². The van der Waals surface area contributed by atoms with E-state index in [1.807, 2.05) is 6.07 Å². The number of non-ortho nitro benzene ring substituents is 1. The van der Waals surface area contributed by atoms with Gasteiger partial charge in [-0.1, -0.05) is 5.16 Å². The first-order valence-corrected chi connectivity index (χ1v) is 8.45. The molecule has 10 nitrogen and oxygen atoms in total. The monoisotopic (exact) mass is 383 g/mol. The second-order valence-corrected chi connectivity index (χ2v) is 5.73. The van der Waals surface area contributed by atoms with Crippen LogP contribution in [0.4, 0.5) is 11.4 Å². The van der Waals surface area contributed by atoms with Gasteiger partial charge in [-0.2, -0.15) is 4.98 Å². The number of esters is 1. The highest BCUT2D eigenvalue weighted by Gasteiger charge is 2.17. The molecule has 0 fully saturated rings. The molecular formula is C18H17N5O5. The van der Waals surface area contributed by atoms with E-state index < -0.39 is 10.9 Å². The van der Waals surface area contributed by atoms with Crippen LogP contribution < -0.4 is 5.32 Å². The van der Waals surface area contributed by atoms with Gasteiger partial charge in [0.15, 0.2) is 0 Å². The van der Waals surface area contributed by atoms with E-state index in [1.54, 1.807) is 25.5 Å². The van der Waals surface area contributed by atoms with Crippen molar-refractivity contribution in [2.75, 3.05) is 19.0 Å². The zero-order chi connectivity index (χ0) is 19.9. The molecule has 1 aromatic carbocycles. The van der Waals surface area contributed by atoms with Crippen molar-refractivity contribution in [1.82, 2.24) is 15.1 Å². The summed E-state index contributed by atoms with van der Waals surface area (Å²) >= 11 is 0. The number of ether oxygens (including phenoxy) is 1. The van der Waals surface area contributed by atoms with Crippen LogP contribution in [0.3, 0.4) is 0 Å². The standard InChI is InChI=1S/C18H17N5O5/c1-19-15-7-6-13(23(25)26)10-14(15)18(24)27-9-3-5-16-21-17(22-28-16)12-4-2-8-20-11-12/h2,4,6-8,10-11,19H,3,5,9H2,1H3. The van der Waals surface area contributed by atoms with Crippen molar-refractivity contribution in [2.24, 2.45) is 0 Å². The van der Waals surface area contributed by atoms with Crippen molar-refractivity contribution >= 4 is 17.3 Å². The van der Waals surface area contributed by atoms with Gasteiger partial charge in [0.05, 0.1) is 17.1 Å². The summed E-state index contributed by atoms with van der Waals surface area (Å²) in [4.78, 5) is 30.9. The molecule has 144 valence electrons. The second kappa shape index (κ2) is 8.71. The Labute approximate surface area is 159 Å². The van der Waals surface area contributed by atoms with Crippen LogP contribution in [0.15, 0.2) is 47.2 Å². The van der Waals surface area contributed by atoms with Crippen molar-refractivity contribution < 1.29 is 19.0 Å². The molecule has 0 spiro atoms. The van der Waals surface area contributed by atoms with Crippen molar-refractivity contribution in [3.05, 3.63) is 64.3 Å². The van der Waals surface area contributed by atoms with Crippen LogP contribution in [-0.4, -0.2) is 39.7 Å². The number of pyridine rings is 1. The van der Waals surface area contributed by atoms with Crippen LogP contribution in [0.1, 0.15) is 22.7 Å². The molecule has 0 bridgehead atoms. The molecule has 0 aliphatic heterocycles. The lowest BCUT2D eigenvalue weighted by Gasteiger charge is -2.08. The highest BCUT2D eigenvalue weighted by Crippen LogP contribution is 2.22. The molecule has 28 heavy (non-hydrogen) atoms. The predicted octanol–water partition coefficient (Wildman–Crippen LogP) is 2.87. The molecule has 0 saturated carbocycles. The molecule has 0 amide bonds. The fraction of sp³-hybridized carbons (Fsp3) is 0.222. The van der Waals surface area contributed by atoms with Crippen molar-refractivity contribution in [2.45, 2.75) is 12.8 Å². The topological polar surface area (TPSA) is 133 Å². The molecule has 3 aromatic rings. The third-order valence-corrected chi connectivity index (χ3v) is 3.86. The van der Waals surface area contributed by atoms with Crippen molar-refractivity contribution in [3.63, 3.8) is 0 Å². The summed E-state index contributed by atoms with van der Waals surface area (Å²) in [5, 5.41) is 17.6. The maximum absolute atomic E-state index is 12.3. The fourth-order valence-electron chi connectivity index (χ4n) is 2.47. The maximum Gasteiger partial charge on any atom is 0.340 e. The normalized spacial score (nSPS) is 10.5. The largest absolute Gasteiger partial charge is 0.462 e. The first kappa shape index (κ1) is 19.0. The Morgan fingerprint density at radius 3 is 2.93 bits per heavy atom. The van der Waals surface area contributed by atoms with E-state index in [0.717, 1.165) is 5.56 Å². The van der Waals surface area contributed by atoms with E-state index in [4.69, 9.17) is 9.26 Å². The van der Waals surface area contributed by atoms with Gasteiger partial charge in [0.25, 0.3) is 5.69 Å². The Kier molecular flexibility index (Phi) is 5.90. The summed E-state index contributed by atoms with van der Waals surface area (Å²) < 4.78 is 10.4. The smallest absolute Gasteiger partial charge is 0.340 e. The quantitative estimate of drug-likeness (QED) is 0.270. The summed E-state index contributed by atoms with van der Waals surface area (Å²) in [6.45, 7) is 0.106. The average Bonchev–Trinajstić information content (AvgIpc) is 3.20. The first-order chi connectivity index (χ1) is 13.6. The predicted molar refractivity (Wildman–Crippen MR) is 98.8 cm³/mol. The van der Waals surface area contributed by atoms with E-state index in [0.29, 0.717) is 30.2 Å². The van der Waals surface area contributed by atoms with Crippen LogP contribution in [0.25, 0.3) is 11.4 Å². The van der Waals surface area contributed by atoms with Crippen LogP contribution in [-0.2, 0) is 11.2 Å². The number of aryl methyl sites for hydroxylation is 1. The van der Waals surface area contributed by atoms with Gasteiger partial charge in [0, 0.05) is 49.2 Å². The second-order valence-electron chi connectivity index (χ2n) is 5.73. The average molecular weight is 383 g/mol. The fourth-order valence-corrected chi connectivity index (χ4v) is 2.47. The summed E-state index contributed by atoms with van der Waals surface area (Å²) in [6.07, 6.45) is 4.17. The van der Waals surface area contributed by atoms with E-state index >= 15 is 0 Å². The van der Waals surface area contributed by atoms with E-state index in [1.165, 1.54) is 18.2 Å². The number of nitro groups is 1. The summed E-state index contributed by atoms with van der Waals surface area (Å²) in [5.74, 6) is 0.214. The highest BCUT2D eigenvalue weighted by molar-refractivity contribution is 5.96. The summed E-state index contributed by atoms with van der Waals surface area (Å²) in [5.41, 5.74) is 1.12. The Morgan fingerprint density at radius 2 is 2.21 bits per heavy atom. The van der Waals surface area contributed by atoms with Gasteiger partial charge in [-0.05, 0) is 24.6 Å². The van der Waals surface area contributed by atoms with Gasteiger partial charge < -0.3 is 14.6 Å². The van der Waals surface area contributed by atoms with Gasteiger partial charge in [-0.25, -0.2) is 4.79 Å². The maximum atomic E-state index is 12.3. The van der Waals surface area contributed by atoms with E-state index in [2.05, 4.69) is 20.4 Å². The minimum atomic E-state index is -0.644. The van der Waals surface area contributed by atoms with Crippen LogP contribution in [0.2, 0.25) is 0 Å². The lowest BCUT2D eigenvalue weighted by molar-refractivity contribution is -0.384. The summed E-state index contributed by atoms with van der Waals surface area (Å²) in [6, 6.07) is 7.57. The van der Waals surface area contributed by atoms with E-state index in [-0.39, 0.29) is 17.9 Å². The van der Waals surface area contributed by atoms with Crippen LogP contribution >= 0.6 is 0 Å². The minimum absolute atomic E-state index is 0.105. The molecule has 0 unspecified atom stereocenters. The van der Waals surface area contributed by atoms with Crippen LogP contribution in [0.5, 0.6) is 0 Å². The molecule has 0 atom stereocenters. The van der Waals surface area contributed by atoms with E-state index in [9.17, 15) is 14.9 Å². The van der Waals surface area contributed by atoms with Crippen LogP contribution in [0, 0.1) is 10.1 Å². The lowest BCUT2D eigenvalue weighted by Crippen LogP contribution is -2.10. The Morgan fingerprint density at radius 1 is 1.36 bits per heavy atom. The van der Waals surface area contributed by atoms with Gasteiger partial charge >= 0.3 is 5.97 Å². The number of nitrogens with zero attached hydrogens (tertiary/aromatic N) is 4. The number of rotatable bonds is 8. The third kappa shape index (κ3) is 4.47.